The molecule has 2 aromatic carbocycles. The summed E-state index contributed by atoms with van der Waals surface area (Å²) in [7, 11) is 3.97. The molecule has 0 heterocycles. The number of carbonyl (C=O) groups is 1. The van der Waals surface area contributed by atoms with Gasteiger partial charge in [0.25, 0.3) is 0 Å². The van der Waals surface area contributed by atoms with Gasteiger partial charge in [0.2, 0.25) is 0 Å². The Morgan fingerprint density at radius 2 is 1.88 bits per heavy atom. The Hall–Kier alpha value is -2.49. The highest BCUT2D eigenvalue weighted by atomic mass is 16.2. The Bertz CT molecular complexity index is 722. The number of nitrogens with zero attached hydrogens (tertiary/aromatic N) is 2. The first-order valence-electron chi connectivity index (χ1n) is 8.44. The Labute approximate surface area is 144 Å². The van der Waals surface area contributed by atoms with Crippen LogP contribution in [0.5, 0.6) is 0 Å². The minimum Gasteiger partial charge on any atom is -0.376 e. The Kier molecular flexibility index (Phi) is 4.74. The molecule has 0 aromatic heterocycles. The largest absolute Gasteiger partial charge is 0.376 e. The van der Waals surface area contributed by atoms with Crippen LogP contribution in [-0.2, 0) is 6.54 Å². The number of urea groups is 1. The van der Waals surface area contributed by atoms with E-state index in [1.807, 2.05) is 48.2 Å². The summed E-state index contributed by atoms with van der Waals surface area (Å²) < 4.78 is 0. The van der Waals surface area contributed by atoms with Crippen molar-refractivity contribution in [1.29, 1.82) is 0 Å². The minimum atomic E-state index is -0.0201. The molecule has 4 heteroatoms. The van der Waals surface area contributed by atoms with E-state index >= 15 is 0 Å². The second-order valence-corrected chi connectivity index (χ2v) is 6.69. The van der Waals surface area contributed by atoms with Gasteiger partial charge in [-0.2, -0.15) is 0 Å². The summed E-state index contributed by atoms with van der Waals surface area (Å²) in [5.74, 6) is 0. The molecular formula is C20H25N3O. The number of aryl methyl sites for hydroxylation is 1. The van der Waals surface area contributed by atoms with Crippen molar-refractivity contribution in [2.75, 3.05) is 24.3 Å². The van der Waals surface area contributed by atoms with Gasteiger partial charge in [-0.3, -0.25) is 0 Å². The van der Waals surface area contributed by atoms with Gasteiger partial charge in [-0.15, -0.1) is 0 Å². The van der Waals surface area contributed by atoms with Crippen molar-refractivity contribution in [3.05, 3.63) is 59.7 Å². The normalized spacial score (nSPS) is 13.5. The van der Waals surface area contributed by atoms with Gasteiger partial charge in [-0.05, 0) is 37.5 Å². The maximum atomic E-state index is 12.9. The fraction of sp³-hybridized carbons (Fsp3) is 0.350. The lowest BCUT2D eigenvalue weighted by Crippen LogP contribution is -2.36. The molecule has 0 radical (unpaired) electrons. The van der Waals surface area contributed by atoms with E-state index < -0.39 is 0 Å². The third kappa shape index (κ3) is 3.88. The van der Waals surface area contributed by atoms with Crippen LogP contribution in [0.1, 0.15) is 24.0 Å². The molecule has 126 valence electrons. The van der Waals surface area contributed by atoms with Gasteiger partial charge in [-0.1, -0.05) is 42.0 Å². The topological polar surface area (TPSA) is 35.6 Å². The summed E-state index contributed by atoms with van der Waals surface area (Å²) in [5, 5.41) is 3.09. The van der Waals surface area contributed by atoms with Gasteiger partial charge in [0.1, 0.15) is 0 Å². The molecule has 0 saturated heterocycles. The van der Waals surface area contributed by atoms with Crippen LogP contribution in [0.2, 0.25) is 0 Å². The first kappa shape index (κ1) is 16.4. The molecule has 2 aromatic rings. The van der Waals surface area contributed by atoms with Crippen LogP contribution in [0.4, 0.5) is 16.2 Å². The molecule has 3 rings (SSSR count). The van der Waals surface area contributed by atoms with Crippen molar-refractivity contribution in [2.24, 2.45) is 0 Å². The van der Waals surface area contributed by atoms with Crippen molar-refractivity contribution in [3.63, 3.8) is 0 Å². The fourth-order valence-electron chi connectivity index (χ4n) is 2.92. The smallest absolute Gasteiger partial charge is 0.322 e. The lowest BCUT2D eigenvalue weighted by Gasteiger charge is -2.25. The number of hydrogen-bond acceptors (Lipinski definition) is 2. The predicted octanol–water partition coefficient (Wildman–Crippen LogP) is 4.26. The van der Waals surface area contributed by atoms with Crippen molar-refractivity contribution in [3.8, 4) is 0 Å². The quantitative estimate of drug-likeness (QED) is 0.892. The molecule has 0 spiro atoms. The summed E-state index contributed by atoms with van der Waals surface area (Å²) in [5.41, 5.74) is 4.26. The Morgan fingerprint density at radius 3 is 2.54 bits per heavy atom. The maximum absolute atomic E-state index is 12.9. The zero-order chi connectivity index (χ0) is 17.1. The molecule has 0 aliphatic heterocycles. The van der Waals surface area contributed by atoms with Crippen LogP contribution >= 0.6 is 0 Å². The van der Waals surface area contributed by atoms with E-state index in [2.05, 4.69) is 36.5 Å². The van der Waals surface area contributed by atoms with Crippen LogP contribution in [0.15, 0.2) is 48.5 Å². The summed E-state index contributed by atoms with van der Waals surface area (Å²) >= 11 is 0. The Balaban J connectivity index is 1.76. The summed E-state index contributed by atoms with van der Waals surface area (Å²) in [6.45, 7) is 2.74. The zero-order valence-electron chi connectivity index (χ0n) is 14.6. The first-order chi connectivity index (χ1) is 11.5. The van der Waals surface area contributed by atoms with E-state index in [1.165, 1.54) is 11.1 Å². The number of hydrogen-bond donors (Lipinski definition) is 1. The van der Waals surface area contributed by atoms with Gasteiger partial charge in [-0.25, -0.2) is 4.79 Å². The molecule has 0 bridgehead atoms. The van der Waals surface area contributed by atoms with Crippen LogP contribution in [0.25, 0.3) is 0 Å². The van der Waals surface area contributed by atoms with E-state index in [4.69, 9.17) is 0 Å². The predicted molar refractivity (Wildman–Crippen MR) is 99.5 cm³/mol. The highest BCUT2D eigenvalue weighted by Gasteiger charge is 2.32. The molecule has 0 atom stereocenters. The Morgan fingerprint density at radius 1 is 1.12 bits per heavy atom. The fourth-order valence-corrected chi connectivity index (χ4v) is 2.92. The van der Waals surface area contributed by atoms with Gasteiger partial charge in [0.15, 0.2) is 0 Å². The highest BCUT2D eigenvalue weighted by molar-refractivity contribution is 5.93. The first-order valence-corrected chi connectivity index (χ1v) is 8.44. The molecule has 4 nitrogen and oxygen atoms in total. The van der Waals surface area contributed by atoms with Crippen LogP contribution in [0, 0.1) is 6.92 Å². The summed E-state index contributed by atoms with van der Waals surface area (Å²) in [4.78, 5) is 16.8. The number of benzene rings is 2. The monoisotopic (exact) mass is 323 g/mol. The second-order valence-electron chi connectivity index (χ2n) is 6.69. The average molecular weight is 323 g/mol. The molecule has 1 saturated carbocycles. The number of anilines is 2. The molecule has 2 amide bonds. The summed E-state index contributed by atoms with van der Waals surface area (Å²) in [6.07, 6.45) is 2.18. The lowest BCUT2D eigenvalue weighted by molar-refractivity contribution is 0.206. The molecule has 1 N–H and O–H groups in total. The van der Waals surface area contributed by atoms with Gasteiger partial charge in [0.05, 0.1) is 11.4 Å². The number of amides is 2. The molecule has 1 aliphatic carbocycles. The third-order valence-electron chi connectivity index (χ3n) is 4.31. The van der Waals surface area contributed by atoms with Gasteiger partial charge >= 0.3 is 6.03 Å². The molecule has 1 aliphatic rings. The highest BCUT2D eigenvalue weighted by Crippen LogP contribution is 2.30. The standard InChI is InChI=1S/C20H25N3O/c1-15-7-6-8-16(13-15)14-23(17-11-12-17)20(24)21-18-9-4-5-10-19(18)22(2)3/h4-10,13,17H,11-12,14H2,1-3H3,(H,21,24). The molecule has 1 fully saturated rings. The van der Waals surface area contributed by atoms with Gasteiger partial charge < -0.3 is 15.1 Å². The average Bonchev–Trinajstić information content (AvgIpc) is 3.37. The van der Waals surface area contributed by atoms with Crippen molar-refractivity contribution >= 4 is 17.4 Å². The van der Waals surface area contributed by atoms with E-state index in [0.717, 1.165) is 24.2 Å². The number of rotatable bonds is 5. The molecule has 24 heavy (non-hydrogen) atoms. The van der Waals surface area contributed by atoms with E-state index in [-0.39, 0.29) is 6.03 Å². The number of nitrogens with one attached hydrogen (secondary N) is 1. The summed E-state index contributed by atoms with van der Waals surface area (Å²) in [6, 6.07) is 16.6. The van der Waals surface area contributed by atoms with E-state index in [0.29, 0.717) is 12.6 Å². The number of para-hydroxylation sites is 2. The SMILES string of the molecule is Cc1cccc(CN(C(=O)Nc2ccccc2N(C)C)C2CC2)c1. The van der Waals surface area contributed by atoms with Crippen molar-refractivity contribution < 1.29 is 4.79 Å². The number of carbonyl (C=O) groups excluding carboxylic acids is 1. The van der Waals surface area contributed by atoms with E-state index in [9.17, 15) is 4.79 Å². The molecule has 0 unspecified atom stereocenters. The van der Waals surface area contributed by atoms with Crippen LogP contribution < -0.4 is 10.2 Å². The lowest BCUT2D eigenvalue weighted by atomic mass is 10.1. The van der Waals surface area contributed by atoms with Crippen molar-refractivity contribution in [1.82, 2.24) is 4.90 Å². The zero-order valence-corrected chi connectivity index (χ0v) is 14.6. The maximum Gasteiger partial charge on any atom is 0.322 e. The minimum absolute atomic E-state index is 0.0201. The van der Waals surface area contributed by atoms with Crippen LogP contribution in [-0.4, -0.2) is 31.1 Å². The van der Waals surface area contributed by atoms with Gasteiger partial charge in [0, 0.05) is 26.7 Å². The van der Waals surface area contributed by atoms with Crippen molar-refractivity contribution in [2.45, 2.75) is 32.4 Å². The van der Waals surface area contributed by atoms with E-state index in [1.54, 1.807) is 0 Å². The van der Waals surface area contributed by atoms with Crippen LogP contribution in [0.3, 0.4) is 0 Å². The second kappa shape index (κ2) is 6.95. The third-order valence-corrected chi connectivity index (χ3v) is 4.31. The molecular weight excluding hydrogens is 298 g/mol.